The Labute approximate surface area is 59.5 Å². The van der Waals surface area contributed by atoms with Crippen LogP contribution >= 0.6 is 0 Å². The zero-order valence-electron chi connectivity index (χ0n) is 6.09. The lowest BCUT2D eigenvalue weighted by Crippen LogP contribution is -2.21. The number of rotatable bonds is 2. The molecule has 10 heavy (non-hydrogen) atoms. The van der Waals surface area contributed by atoms with Crippen LogP contribution in [0.25, 0.3) is 0 Å². The van der Waals surface area contributed by atoms with Crippen LogP contribution in [0.5, 0.6) is 0 Å². The third-order valence-corrected chi connectivity index (χ3v) is 1.08. The molecule has 0 radical (unpaired) electrons. The lowest BCUT2D eigenvalue weighted by molar-refractivity contribution is -0.121. The van der Waals surface area contributed by atoms with E-state index in [1.54, 1.807) is 0 Å². The molecular formula is C6H11NO3. The summed E-state index contributed by atoms with van der Waals surface area (Å²) in [5.41, 5.74) is 0. The highest BCUT2D eigenvalue weighted by atomic mass is 16.7. The summed E-state index contributed by atoms with van der Waals surface area (Å²) in [6.45, 7) is 3.88. The zero-order chi connectivity index (χ0) is 7.61. The van der Waals surface area contributed by atoms with Gasteiger partial charge in [-0.15, -0.1) is 0 Å². The van der Waals surface area contributed by atoms with Gasteiger partial charge in [-0.2, -0.15) is 0 Å². The quantitative estimate of drug-likeness (QED) is 0.575. The van der Waals surface area contributed by atoms with Crippen molar-refractivity contribution in [1.82, 2.24) is 0 Å². The van der Waals surface area contributed by atoms with E-state index in [-0.39, 0.29) is 6.61 Å². The maximum absolute atomic E-state index is 5.22. The number of nitrogens with two attached hydrogens (primary N) is 1. The molecule has 4 heteroatoms. The van der Waals surface area contributed by atoms with Gasteiger partial charge in [-0.25, -0.2) is 5.90 Å². The first-order chi connectivity index (χ1) is 4.64. The predicted molar refractivity (Wildman–Crippen MR) is 34.5 cm³/mol. The molecule has 0 aromatic rings. The van der Waals surface area contributed by atoms with Crippen LogP contribution in [0.15, 0.2) is 12.0 Å². The lowest BCUT2D eigenvalue weighted by Gasteiger charge is -2.17. The molecule has 1 aliphatic rings. The third kappa shape index (κ3) is 1.62. The average Bonchev–Trinajstić information content (AvgIpc) is 2.12. The van der Waals surface area contributed by atoms with Gasteiger partial charge in [-0.3, -0.25) is 4.84 Å². The van der Waals surface area contributed by atoms with E-state index in [0.717, 1.165) is 0 Å². The molecule has 1 heterocycles. The standard InChI is InChI=1S/C6H11NO3/c1-6(2)8-3-5(10-6)4-9-7/h3H,4,7H2,1-2H3. The summed E-state index contributed by atoms with van der Waals surface area (Å²) in [5.74, 6) is 4.88. The van der Waals surface area contributed by atoms with Crippen molar-refractivity contribution in [2.45, 2.75) is 19.6 Å². The number of ether oxygens (including phenoxy) is 2. The van der Waals surface area contributed by atoms with Crippen molar-refractivity contribution < 1.29 is 14.3 Å². The van der Waals surface area contributed by atoms with Gasteiger partial charge in [0, 0.05) is 13.8 Å². The molecule has 0 bridgehead atoms. The van der Waals surface area contributed by atoms with Crippen LogP contribution in [-0.4, -0.2) is 12.4 Å². The Morgan fingerprint density at radius 1 is 1.70 bits per heavy atom. The van der Waals surface area contributed by atoms with Gasteiger partial charge >= 0.3 is 0 Å². The molecule has 1 aliphatic heterocycles. The molecule has 0 fully saturated rings. The highest BCUT2D eigenvalue weighted by Crippen LogP contribution is 2.23. The second-order valence-corrected chi connectivity index (χ2v) is 2.51. The highest BCUT2D eigenvalue weighted by molar-refractivity contribution is 4.94. The lowest BCUT2D eigenvalue weighted by atomic mass is 10.4. The van der Waals surface area contributed by atoms with Gasteiger partial charge in [0.25, 0.3) is 0 Å². The summed E-state index contributed by atoms with van der Waals surface area (Å²) in [6.07, 6.45) is 1.51. The third-order valence-electron chi connectivity index (χ3n) is 1.08. The molecule has 0 aromatic heterocycles. The molecule has 0 aliphatic carbocycles. The molecule has 0 amide bonds. The molecule has 0 atom stereocenters. The molecule has 0 saturated carbocycles. The second kappa shape index (κ2) is 2.48. The number of hydrogen-bond donors (Lipinski definition) is 1. The van der Waals surface area contributed by atoms with Crippen molar-refractivity contribution in [3.63, 3.8) is 0 Å². The minimum Gasteiger partial charge on any atom is -0.457 e. The Balaban J connectivity index is 2.39. The van der Waals surface area contributed by atoms with Crippen LogP contribution in [-0.2, 0) is 14.3 Å². The molecule has 4 nitrogen and oxygen atoms in total. The summed E-state index contributed by atoms with van der Waals surface area (Å²) >= 11 is 0. The molecule has 1 rings (SSSR count). The molecular weight excluding hydrogens is 134 g/mol. The fraction of sp³-hybridized carbons (Fsp3) is 0.667. The normalized spacial score (nSPS) is 21.3. The fourth-order valence-corrected chi connectivity index (χ4v) is 0.717. The van der Waals surface area contributed by atoms with Crippen molar-refractivity contribution >= 4 is 0 Å². The SMILES string of the molecule is CC1(C)OC=C(CON)O1. The smallest absolute Gasteiger partial charge is 0.244 e. The van der Waals surface area contributed by atoms with Crippen molar-refractivity contribution in [3.05, 3.63) is 12.0 Å². The van der Waals surface area contributed by atoms with E-state index >= 15 is 0 Å². The summed E-state index contributed by atoms with van der Waals surface area (Å²) in [4.78, 5) is 4.35. The monoisotopic (exact) mass is 145 g/mol. The minimum absolute atomic E-state index is 0.253. The van der Waals surface area contributed by atoms with Gasteiger partial charge < -0.3 is 9.47 Å². The maximum atomic E-state index is 5.22. The molecule has 0 saturated heterocycles. The van der Waals surface area contributed by atoms with Gasteiger partial charge in [0.05, 0.1) is 0 Å². The van der Waals surface area contributed by atoms with Crippen molar-refractivity contribution in [2.75, 3.05) is 6.61 Å². The molecule has 2 N–H and O–H groups in total. The summed E-state index contributed by atoms with van der Waals surface area (Å²) in [6, 6.07) is 0. The van der Waals surface area contributed by atoms with Crippen LogP contribution in [0.3, 0.4) is 0 Å². The first-order valence-electron chi connectivity index (χ1n) is 3.01. The minimum atomic E-state index is -0.562. The van der Waals surface area contributed by atoms with Crippen LogP contribution in [0.4, 0.5) is 0 Å². The van der Waals surface area contributed by atoms with E-state index in [9.17, 15) is 0 Å². The fourth-order valence-electron chi connectivity index (χ4n) is 0.717. The van der Waals surface area contributed by atoms with Crippen molar-refractivity contribution in [1.29, 1.82) is 0 Å². The Hall–Kier alpha value is -0.740. The van der Waals surface area contributed by atoms with E-state index in [2.05, 4.69) is 4.84 Å². The molecule has 0 aromatic carbocycles. The van der Waals surface area contributed by atoms with E-state index < -0.39 is 5.79 Å². The van der Waals surface area contributed by atoms with Gasteiger partial charge in [0.1, 0.15) is 12.9 Å². The molecule has 0 unspecified atom stereocenters. The zero-order valence-corrected chi connectivity index (χ0v) is 6.09. The van der Waals surface area contributed by atoms with E-state index in [0.29, 0.717) is 5.76 Å². The topological polar surface area (TPSA) is 53.7 Å². The first kappa shape index (κ1) is 7.37. The van der Waals surface area contributed by atoms with Gasteiger partial charge in [0.15, 0.2) is 5.76 Å². The first-order valence-corrected chi connectivity index (χ1v) is 3.01. The number of hydrogen-bond acceptors (Lipinski definition) is 4. The van der Waals surface area contributed by atoms with E-state index in [4.69, 9.17) is 15.4 Å². The summed E-state index contributed by atoms with van der Waals surface area (Å²) in [5, 5.41) is 0. The van der Waals surface area contributed by atoms with Crippen molar-refractivity contribution in [3.8, 4) is 0 Å². The largest absolute Gasteiger partial charge is 0.457 e. The Morgan fingerprint density at radius 2 is 2.40 bits per heavy atom. The predicted octanol–water partition coefficient (Wildman–Crippen LogP) is 0.501. The van der Waals surface area contributed by atoms with E-state index in [1.807, 2.05) is 13.8 Å². The highest BCUT2D eigenvalue weighted by Gasteiger charge is 2.27. The molecule has 58 valence electrons. The summed E-state index contributed by atoms with van der Waals surface area (Å²) < 4.78 is 10.3. The average molecular weight is 145 g/mol. The van der Waals surface area contributed by atoms with Crippen LogP contribution in [0.2, 0.25) is 0 Å². The van der Waals surface area contributed by atoms with Crippen LogP contribution in [0, 0.1) is 0 Å². The van der Waals surface area contributed by atoms with Gasteiger partial charge in [-0.05, 0) is 0 Å². The second-order valence-electron chi connectivity index (χ2n) is 2.51. The Kier molecular flexibility index (Phi) is 1.82. The Morgan fingerprint density at radius 3 is 2.80 bits per heavy atom. The molecule has 0 spiro atoms. The van der Waals surface area contributed by atoms with Crippen LogP contribution < -0.4 is 5.90 Å². The Bertz CT molecular complexity index is 153. The maximum Gasteiger partial charge on any atom is 0.244 e. The van der Waals surface area contributed by atoms with Crippen molar-refractivity contribution in [2.24, 2.45) is 5.90 Å². The summed E-state index contributed by atoms with van der Waals surface area (Å²) in [7, 11) is 0. The van der Waals surface area contributed by atoms with Gasteiger partial charge in [-0.1, -0.05) is 0 Å². The van der Waals surface area contributed by atoms with Crippen LogP contribution in [0.1, 0.15) is 13.8 Å². The van der Waals surface area contributed by atoms with E-state index in [1.165, 1.54) is 6.26 Å². The van der Waals surface area contributed by atoms with Gasteiger partial charge in [0.2, 0.25) is 5.79 Å².